The Bertz CT molecular complexity index is 1140. The molecule has 14 nitrogen and oxygen atoms in total. The van der Waals surface area contributed by atoms with Gasteiger partial charge in [-0.15, -0.1) is 11.3 Å². The molecule has 200 valence electrons. The third-order valence-electron chi connectivity index (χ3n) is 4.24. The van der Waals surface area contributed by atoms with Crippen molar-refractivity contribution < 1.29 is 38.2 Å². The summed E-state index contributed by atoms with van der Waals surface area (Å²) in [6, 6.07) is -2.29. The molecule has 0 bridgehead atoms. The van der Waals surface area contributed by atoms with Crippen molar-refractivity contribution in [3.63, 3.8) is 0 Å². The quantitative estimate of drug-likeness (QED) is 0.309. The average molecular weight is 537 g/mol. The number of hydrogen-bond donors (Lipinski definition) is 3. The van der Waals surface area contributed by atoms with Crippen LogP contribution in [-0.2, 0) is 28.6 Å². The molecule has 0 unspecified atom stereocenters. The molecule has 2 aromatic rings. The maximum atomic E-state index is 12.7. The molecule has 2 atom stereocenters. The van der Waals surface area contributed by atoms with Crippen LogP contribution >= 0.6 is 11.3 Å². The van der Waals surface area contributed by atoms with Crippen LogP contribution in [0.3, 0.4) is 0 Å². The van der Waals surface area contributed by atoms with Crippen molar-refractivity contribution in [3.8, 4) is 10.6 Å². The van der Waals surface area contributed by atoms with Gasteiger partial charge in [-0.1, -0.05) is 0 Å². The number of hydrogen-bond acceptors (Lipinski definition) is 12. The summed E-state index contributed by atoms with van der Waals surface area (Å²) in [5, 5.41) is 9.08. The molecule has 37 heavy (non-hydrogen) atoms. The van der Waals surface area contributed by atoms with E-state index in [1.165, 1.54) is 31.8 Å². The lowest BCUT2D eigenvalue weighted by atomic mass is 10.2. The van der Waals surface area contributed by atoms with Crippen LogP contribution in [0.4, 0.5) is 10.7 Å². The van der Waals surface area contributed by atoms with E-state index in [4.69, 9.17) is 9.47 Å². The fraction of sp³-hybridized carbons (Fsp3) is 0.455. The first-order valence-corrected chi connectivity index (χ1v) is 11.8. The number of thiazole rings is 1. The Morgan fingerprint density at radius 1 is 1.08 bits per heavy atom. The predicted molar refractivity (Wildman–Crippen MR) is 131 cm³/mol. The van der Waals surface area contributed by atoms with Crippen molar-refractivity contribution in [2.45, 2.75) is 52.3 Å². The first-order valence-electron chi connectivity index (χ1n) is 10.9. The Kier molecular flexibility index (Phi) is 9.99. The molecular formula is C22H28N6O8S. The van der Waals surface area contributed by atoms with Crippen LogP contribution < -0.4 is 16.0 Å². The minimum absolute atomic E-state index is 0.0161. The molecular weight excluding hydrogens is 508 g/mol. The first kappa shape index (κ1) is 29.1. The van der Waals surface area contributed by atoms with E-state index in [-0.39, 0.29) is 11.6 Å². The summed E-state index contributed by atoms with van der Waals surface area (Å²) in [6.45, 7) is 7.26. The van der Waals surface area contributed by atoms with Crippen molar-refractivity contribution in [2.75, 3.05) is 19.0 Å². The molecule has 0 spiro atoms. The number of methoxy groups -OCH3 is 1. The van der Waals surface area contributed by atoms with Crippen LogP contribution in [0.15, 0.2) is 17.8 Å². The number of anilines is 1. The number of rotatable bonds is 9. The fourth-order valence-electron chi connectivity index (χ4n) is 2.57. The number of carbonyl (C=O) groups is 5. The number of ether oxygens (including phenoxy) is 3. The maximum Gasteiger partial charge on any atom is 0.414 e. The van der Waals surface area contributed by atoms with E-state index in [1.54, 1.807) is 20.8 Å². The second-order valence-corrected chi connectivity index (χ2v) is 9.40. The minimum Gasteiger partial charge on any atom is -0.467 e. The van der Waals surface area contributed by atoms with Crippen LogP contribution in [0.25, 0.3) is 10.6 Å². The van der Waals surface area contributed by atoms with Crippen LogP contribution in [0.5, 0.6) is 0 Å². The lowest BCUT2D eigenvalue weighted by Crippen LogP contribution is -2.53. The summed E-state index contributed by atoms with van der Waals surface area (Å²) < 4.78 is 14.6. The molecule has 2 rings (SSSR count). The fourth-order valence-corrected chi connectivity index (χ4v) is 3.35. The number of nitrogens with one attached hydrogen (secondary N) is 3. The molecule has 3 amide bonds. The van der Waals surface area contributed by atoms with Crippen molar-refractivity contribution in [3.05, 3.63) is 23.5 Å². The van der Waals surface area contributed by atoms with E-state index < -0.39 is 54.1 Å². The largest absolute Gasteiger partial charge is 0.467 e. The maximum absolute atomic E-state index is 12.7. The zero-order valence-electron chi connectivity index (χ0n) is 21.1. The second kappa shape index (κ2) is 12.7. The van der Waals surface area contributed by atoms with Gasteiger partial charge >= 0.3 is 18.0 Å². The zero-order valence-corrected chi connectivity index (χ0v) is 21.9. The molecule has 3 N–H and O–H groups in total. The van der Waals surface area contributed by atoms with E-state index in [9.17, 15) is 24.0 Å². The molecule has 0 aromatic carbocycles. The van der Waals surface area contributed by atoms with E-state index in [1.807, 2.05) is 0 Å². The second-order valence-electron chi connectivity index (χ2n) is 8.54. The van der Waals surface area contributed by atoms with Gasteiger partial charge in [0.15, 0.2) is 0 Å². The molecule has 2 aromatic heterocycles. The van der Waals surface area contributed by atoms with Gasteiger partial charge < -0.3 is 24.8 Å². The number of carbonyl (C=O) groups excluding carboxylic acids is 5. The summed E-state index contributed by atoms with van der Waals surface area (Å²) in [7, 11) is 1.17. The van der Waals surface area contributed by atoms with E-state index in [0.717, 1.165) is 18.3 Å². The first-order chi connectivity index (χ1) is 17.3. The number of aromatic nitrogens is 3. The molecule has 0 aliphatic carbocycles. The Balaban J connectivity index is 2.08. The Labute approximate surface area is 216 Å². The van der Waals surface area contributed by atoms with E-state index >= 15 is 0 Å². The number of esters is 2. The smallest absolute Gasteiger partial charge is 0.414 e. The third-order valence-corrected chi connectivity index (χ3v) is 5.13. The topological polar surface area (TPSA) is 188 Å². The summed E-state index contributed by atoms with van der Waals surface area (Å²) in [5.41, 5.74) is -0.225. The van der Waals surface area contributed by atoms with Crippen molar-refractivity contribution in [1.82, 2.24) is 25.6 Å². The molecule has 0 aliphatic rings. The highest BCUT2D eigenvalue weighted by Gasteiger charge is 2.27. The molecule has 0 saturated heterocycles. The Morgan fingerprint density at radius 3 is 2.30 bits per heavy atom. The van der Waals surface area contributed by atoms with Gasteiger partial charge in [0.1, 0.15) is 35.0 Å². The Morgan fingerprint density at radius 2 is 1.73 bits per heavy atom. The minimum atomic E-state index is -1.30. The van der Waals surface area contributed by atoms with Crippen LogP contribution in [0.1, 0.15) is 45.1 Å². The predicted octanol–water partition coefficient (Wildman–Crippen LogP) is 1.29. The summed E-state index contributed by atoms with van der Waals surface area (Å²) in [6.07, 6.45) is 2.11. The van der Waals surface area contributed by atoms with Gasteiger partial charge in [0.25, 0.3) is 5.91 Å². The van der Waals surface area contributed by atoms with Gasteiger partial charge in [0, 0.05) is 30.3 Å². The lowest BCUT2D eigenvalue weighted by Gasteiger charge is -2.19. The standard InChI is InChI=1S/C22H28N6O8S/c1-11(19(32)34-6)25-16(30)14(9-35-12(2)29)26-17(31)15-10-37-18(27-15)13-7-23-20(24-8-13)28-21(33)36-22(3,4)5/h7-8,10-11,14H,9H2,1-6H3,(H,25,30)(H,26,31)(H,23,24,28,33)/t11-,14-/m0/s1. The van der Waals surface area contributed by atoms with E-state index in [0.29, 0.717) is 10.6 Å². The van der Waals surface area contributed by atoms with Gasteiger partial charge in [-0.25, -0.2) is 24.5 Å². The summed E-state index contributed by atoms with van der Waals surface area (Å²) in [4.78, 5) is 72.3. The highest BCUT2D eigenvalue weighted by molar-refractivity contribution is 7.13. The van der Waals surface area contributed by atoms with Crippen molar-refractivity contribution in [1.29, 1.82) is 0 Å². The lowest BCUT2D eigenvalue weighted by molar-refractivity contribution is -0.146. The van der Waals surface area contributed by atoms with Gasteiger partial charge in [-0.3, -0.25) is 19.7 Å². The SMILES string of the molecule is COC(=O)[C@H](C)NC(=O)[C@H](COC(C)=O)NC(=O)c1csc(-c2cnc(NC(=O)OC(C)(C)C)nc2)n1. The van der Waals surface area contributed by atoms with Crippen molar-refractivity contribution >= 4 is 47.1 Å². The van der Waals surface area contributed by atoms with Gasteiger partial charge in [0.05, 0.1) is 7.11 Å². The average Bonchev–Trinajstić information content (AvgIpc) is 3.30. The number of amides is 3. The summed E-state index contributed by atoms with van der Waals surface area (Å²) in [5.74, 6) is -2.81. The summed E-state index contributed by atoms with van der Waals surface area (Å²) >= 11 is 1.12. The van der Waals surface area contributed by atoms with Gasteiger partial charge in [-0.2, -0.15) is 0 Å². The molecule has 0 radical (unpaired) electrons. The highest BCUT2D eigenvalue weighted by atomic mass is 32.1. The van der Waals surface area contributed by atoms with Crippen LogP contribution in [0, 0.1) is 0 Å². The van der Waals surface area contributed by atoms with Gasteiger partial charge in [-0.05, 0) is 27.7 Å². The number of nitrogens with zero attached hydrogens (tertiary/aromatic N) is 3. The van der Waals surface area contributed by atoms with Crippen LogP contribution in [0.2, 0.25) is 0 Å². The van der Waals surface area contributed by atoms with Crippen LogP contribution in [-0.4, -0.2) is 76.2 Å². The van der Waals surface area contributed by atoms with Crippen molar-refractivity contribution in [2.24, 2.45) is 0 Å². The monoisotopic (exact) mass is 536 g/mol. The molecule has 2 heterocycles. The third kappa shape index (κ3) is 9.44. The Hall–Kier alpha value is -4.14. The normalized spacial score (nSPS) is 12.5. The molecule has 0 saturated carbocycles. The zero-order chi connectivity index (χ0) is 27.8. The molecule has 0 aliphatic heterocycles. The highest BCUT2D eigenvalue weighted by Crippen LogP contribution is 2.23. The van der Waals surface area contributed by atoms with E-state index in [2.05, 4.69) is 35.6 Å². The molecule has 15 heteroatoms. The van der Waals surface area contributed by atoms with Gasteiger partial charge in [0.2, 0.25) is 11.9 Å². The molecule has 0 fully saturated rings.